The summed E-state index contributed by atoms with van der Waals surface area (Å²) in [6.45, 7) is 4.13. The molecule has 0 aliphatic rings. The molecule has 2 aromatic rings. The van der Waals surface area contributed by atoms with E-state index in [4.69, 9.17) is 5.73 Å². The fourth-order valence-corrected chi connectivity index (χ4v) is 1.85. The number of nitrogens with two attached hydrogens (primary N) is 1. The van der Waals surface area contributed by atoms with Gasteiger partial charge in [-0.3, -0.25) is 4.98 Å². The molecule has 0 fully saturated rings. The van der Waals surface area contributed by atoms with E-state index in [0.717, 1.165) is 17.6 Å². The molecule has 0 saturated carbocycles. The summed E-state index contributed by atoms with van der Waals surface area (Å²) in [7, 11) is 0. The highest BCUT2D eigenvalue weighted by atomic mass is 14.7. The summed E-state index contributed by atoms with van der Waals surface area (Å²) in [6.07, 6.45) is 0.839. The van der Waals surface area contributed by atoms with E-state index in [9.17, 15) is 0 Å². The maximum Gasteiger partial charge on any atom is 0.0707 e. The van der Waals surface area contributed by atoms with E-state index >= 15 is 0 Å². The van der Waals surface area contributed by atoms with Gasteiger partial charge in [0.05, 0.1) is 5.52 Å². The largest absolute Gasteiger partial charge is 0.328 e. The average molecular weight is 200 g/mol. The number of benzene rings is 1. The molecular weight excluding hydrogens is 184 g/mol. The monoisotopic (exact) mass is 200 g/mol. The van der Waals surface area contributed by atoms with Crippen molar-refractivity contribution in [1.29, 1.82) is 0 Å². The lowest BCUT2D eigenvalue weighted by molar-refractivity contribution is 0.724. The van der Waals surface area contributed by atoms with Crippen molar-refractivity contribution in [3.63, 3.8) is 0 Å². The molecule has 0 unspecified atom stereocenters. The van der Waals surface area contributed by atoms with Crippen molar-refractivity contribution in [3.8, 4) is 0 Å². The maximum absolute atomic E-state index is 5.78. The van der Waals surface area contributed by atoms with E-state index in [1.54, 1.807) is 0 Å². The number of pyridine rings is 1. The van der Waals surface area contributed by atoms with Gasteiger partial charge in [-0.05, 0) is 31.5 Å². The van der Waals surface area contributed by atoms with Gasteiger partial charge in [-0.15, -0.1) is 0 Å². The molecule has 15 heavy (non-hydrogen) atoms. The second kappa shape index (κ2) is 3.99. The second-order valence-electron chi connectivity index (χ2n) is 4.13. The zero-order valence-electron chi connectivity index (χ0n) is 9.20. The van der Waals surface area contributed by atoms with Crippen LogP contribution in [0.1, 0.15) is 18.2 Å². The molecule has 0 aliphatic carbocycles. The van der Waals surface area contributed by atoms with Crippen molar-refractivity contribution in [2.75, 3.05) is 0 Å². The van der Waals surface area contributed by atoms with Crippen LogP contribution in [-0.2, 0) is 6.42 Å². The molecule has 0 spiro atoms. The van der Waals surface area contributed by atoms with E-state index in [2.05, 4.69) is 24.0 Å². The van der Waals surface area contributed by atoms with Crippen LogP contribution >= 0.6 is 0 Å². The Morgan fingerprint density at radius 2 is 2.07 bits per heavy atom. The quantitative estimate of drug-likeness (QED) is 0.808. The summed E-state index contributed by atoms with van der Waals surface area (Å²) in [4.78, 5) is 4.60. The Morgan fingerprint density at radius 3 is 2.80 bits per heavy atom. The van der Waals surface area contributed by atoms with Crippen LogP contribution < -0.4 is 5.73 Å². The molecule has 0 bridgehead atoms. The molecule has 2 rings (SSSR count). The molecule has 1 heterocycles. The lowest BCUT2D eigenvalue weighted by atomic mass is 10.1. The minimum atomic E-state index is 0.165. The number of hydrogen-bond donors (Lipinski definition) is 1. The van der Waals surface area contributed by atoms with Crippen LogP contribution in [0.15, 0.2) is 30.3 Å². The van der Waals surface area contributed by atoms with Crippen LogP contribution in [-0.4, -0.2) is 11.0 Å². The maximum atomic E-state index is 5.78. The molecule has 1 aromatic heterocycles. The predicted molar refractivity (Wildman–Crippen MR) is 63.8 cm³/mol. The highest BCUT2D eigenvalue weighted by Gasteiger charge is 2.03. The SMILES string of the molecule is Cc1cc(C[C@@H](C)N)nc2ccccc12. The van der Waals surface area contributed by atoms with Crippen molar-refractivity contribution >= 4 is 10.9 Å². The first kappa shape index (κ1) is 10.1. The van der Waals surface area contributed by atoms with Crippen molar-refractivity contribution in [2.24, 2.45) is 5.73 Å². The van der Waals surface area contributed by atoms with Crippen molar-refractivity contribution in [3.05, 3.63) is 41.6 Å². The molecule has 0 aliphatic heterocycles. The molecule has 1 atom stereocenters. The number of aryl methyl sites for hydroxylation is 1. The summed E-state index contributed by atoms with van der Waals surface area (Å²) >= 11 is 0. The van der Waals surface area contributed by atoms with Gasteiger partial charge < -0.3 is 5.73 Å². The van der Waals surface area contributed by atoms with Crippen molar-refractivity contribution < 1.29 is 0 Å². The number of nitrogens with zero attached hydrogens (tertiary/aromatic N) is 1. The Kier molecular flexibility index (Phi) is 2.69. The Morgan fingerprint density at radius 1 is 1.33 bits per heavy atom. The molecule has 2 nitrogen and oxygen atoms in total. The predicted octanol–water partition coefficient (Wildman–Crippen LogP) is 2.43. The topological polar surface area (TPSA) is 38.9 Å². The minimum absolute atomic E-state index is 0.165. The van der Waals surface area contributed by atoms with Gasteiger partial charge in [-0.2, -0.15) is 0 Å². The van der Waals surface area contributed by atoms with E-state index in [1.165, 1.54) is 10.9 Å². The molecule has 0 saturated heterocycles. The third-order valence-electron chi connectivity index (χ3n) is 2.51. The Bertz CT molecular complexity index is 475. The molecule has 0 radical (unpaired) electrons. The summed E-state index contributed by atoms with van der Waals surface area (Å²) in [6, 6.07) is 10.5. The van der Waals surface area contributed by atoms with E-state index in [-0.39, 0.29) is 6.04 Å². The van der Waals surface area contributed by atoms with Gasteiger partial charge in [0.25, 0.3) is 0 Å². The van der Waals surface area contributed by atoms with Crippen molar-refractivity contribution in [1.82, 2.24) is 4.98 Å². The van der Waals surface area contributed by atoms with Gasteiger partial charge in [0.2, 0.25) is 0 Å². The van der Waals surface area contributed by atoms with E-state index in [1.807, 2.05) is 25.1 Å². The van der Waals surface area contributed by atoms with Gasteiger partial charge in [-0.1, -0.05) is 18.2 Å². The lowest BCUT2D eigenvalue weighted by Crippen LogP contribution is -2.18. The van der Waals surface area contributed by atoms with Gasteiger partial charge >= 0.3 is 0 Å². The van der Waals surface area contributed by atoms with Crippen LogP contribution in [0.4, 0.5) is 0 Å². The van der Waals surface area contributed by atoms with Gasteiger partial charge in [0.1, 0.15) is 0 Å². The highest BCUT2D eigenvalue weighted by molar-refractivity contribution is 5.81. The molecule has 2 heteroatoms. The average Bonchev–Trinajstić information content (AvgIpc) is 2.16. The Labute approximate surface area is 90.1 Å². The number of rotatable bonds is 2. The third-order valence-corrected chi connectivity index (χ3v) is 2.51. The summed E-state index contributed by atoms with van der Waals surface area (Å²) in [5.74, 6) is 0. The van der Waals surface area contributed by atoms with Crippen LogP contribution in [0.3, 0.4) is 0 Å². The Balaban J connectivity index is 2.52. The van der Waals surface area contributed by atoms with Crippen LogP contribution in [0.25, 0.3) is 10.9 Å². The van der Waals surface area contributed by atoms with E-state index < -0.39 is 0 Å². The first-order valence-corrected chi connectivity index (χ1v) is 5.27. The summed E-state index contributed by atoms with van der Waals surface area (Å²) < 4.78 is 0. The zero-order chi connectivity index (χ0) is 10.8. The first-order chi connectivity index (χ1) is 7.16. The second-order valence-corrected chi connectivity index (χ2v) is 4.13. The smallest absolute Gasteiger partial charge is 0.0707 e. The molecular formula is C13H16N2. The minimum Gasteiger partial charge on any atom is -0.328 e. The van der Waals surface area contributed by atoms with Crippen LogP contribution in [0.2, 0.25) is 0 Å². The van der Waals surface area contributed by atoms with Gasteiger partial charge in [0.15, 0.2) is 0 Å². The molecule has 0 amide bonds. The standard InChI is InChI=1S/C13H16N2/c1-9-7-11(8-10(2)14)15-13-6-4-3-5-12(9)13/h3-7,10H,8,14H2,1-2H3/t10-/m1/s1. The van der Waals surface area contributed by atoms with Gasteiger partial charge in [0, 0.05) is 23.5 Å². The Hall–Kier alpha value is -1.41. The lowest BCUT2D eigenvalue weighted by Gasteiger charge is -2.08. The summed E-state index contributed by atoms with van der Waals surface area (Å²) in [5, 5.41) is 1.23. The molecule has 2 N–H and O–H groups in total. The van der Waals surface area contributed by atoms with Crippen LogP contribution in [0, 0.1) is 6.92 Å². The first-order valence-electron chi connectivity index (χ1n) is 5.27. The molecule has 1 aromatic carbocycles. The summed E-state index contributed by atoms with van der Waals surface area (Å²) in [5.41, 5.74) is 9.20. The highest BCUT2D eigenvalue weighted by Crippen LogP contribution is 2.17. The number of para-hydroxylation sites is 1. The van der Waals surface area contributed by atoms with Gasteiger partial charge in [-0.25, -0.2) is 0 Å². The van der Waals surface area contributed by atoms with Crippen LogP contribution in [0.5, 0.6) is 0 Å². The van der Waals surface area contributed by atoms with Crippen molar-refractivity contribution in [2.45, 2.75) is 26.3 Å². The number of fused-ring (bicyclic) bond motifs is 1. The van der Waals surface area contributed by atoms with E-state index in [0.29, 0.717) is 0 Å². The number of hydrogen-bond acceptors (Lipinski definition) is 2. The zero-order valence-corrected chi connectivity index (χ0v) is 9.20. The fraction of sp³-hybridized carbons (Fsp3) is 0.308. The fourth-order valence-electron chi connectivity index (χ4n) is 1.85. The number of aromatic nitrogens is 1. The molecule has 78 valence electrons. The normalized spacial score (nSPS) is 13.0. The third kappa shape index (κ3) is 2.16.